The number of ether oxygens (including phenoxy) is 6. The van der Waals surface area contributed by atoms with E-state index in [1.807, 2.05) is 6.92 Å². The van der Waals surface area contributed by atoms with E-state index in [1.54, 1.807) is 0 Å². The van der Waals surface area contributed by atoms with Gasteiger partial charge < -0.3 is 84.6 Å². The molecule has 0 aromatic rings. The molecule has 320 valence electrons. The standard InChI is InChI=1S/C38H60O18/c1-16-11-37-9-5-20-35(2,7-4-8-36(20,3)34(50)55-32-28(48)26(46)23(43)18(13-40)52-32)21(37)6-10-38(16,15-37)56-33-29(49)30(24(44)19(14-41)53-33)54-31-27(47)25(45)22(42)17(12-39)51-31/h17-33,39-49H,1,4-15H2,2-3H3/t17-,18-,19-,20+,21+,22-,23-,24-,25+,26+,27-,28-,29-,30+,31+,32+,33+,35-,36-,37?,38+/m1/s1. The summed E-state index contributed by atoms with van der Waals surface area (Å²) in [4.78, 5) is 14.1. The van der Waals surface area contributed by atoms with Crippen molar-refractivity contribution in [2.75, 3.05) is 19.8 Å². The number of carbonyl (C=O) groups excluding carboxylic acids is 1. The van der Waals surface area contributed by atoms with E-state index in [-0.39, 0.29) is 22.7 Å². The van der Waals surface area contributed by atoms with Gasteiger partial charge in [0, 0.05) is 0 Å². The van der Waals surface area contributed by atoms with E-state index in [1.165, 1.54) is 0 Å². The highest BCUT2D eigenvalue weighted by atomic mass is 16.7. The second-order valence-electron chi connectivity index (χ2n) is 18.0. The molecular weight excluding hydrogens is 744 g/mol. The van der Waals surface area contributed by atoms with Gasteiger partial charge in [-0.1, -0.05) is 19.9 Å². The second-order valence-corrected chi connectivity index (χ2v) is 18.0. The van der Waals surface area contributed by atoms with Crippen LogP contribution in [0.2, 0.25) is 0 Å². The monoisotopic (exact) mass is 804 g/mol. The minimum atomic E-state index is -1.81. The van der Waals surface area contributed by atoms with Gasteiger partial charge in [0.1, 0.15) is 73.2 Å². The topological polar surface area (TPSA) is 295 Å². The molecule has 7 aliphatic rings. The molecule has 11 N–H and O–H groups in total. The van der Waals surface area contributed by atoms with Gasteiger partial charge in [-0.3, -0.25) is 4.79 Å². The van der Waals surface area contributed by atoms with Crippen molar-refractivity contribution >= 4 is 5.97 Å². The number of carbonyl (C=O) groups is 1. The Kier molecular flexibility index (Phi) is 11.9. The first-order valence-electron chi connectivity index (χ1n) is 19.9. The third-order valence-corrected chi connectivity index (χ3v) is 15.0. The highest BCUT2D eigenvalue weighted by Gasteiger charge is 2.69. The van der Waals surface area contributed by atoms with Crippen LogP contribution in [-0.2, 0) is 33.2 Å². The van der Waals surface area contributed by atoms with E-state index in [0.29, 0.717) is 38.5 Å². The number of hydrogen-bond donors (Lipinski definition) is 11. The predicted molar refractivity (Wildman–Crippen MR) is 186 cm³/mol. The Morgan fingerprint density at radius 1 is 0.679 bits per heavy atom. The lowest BCUT2D eigenvalue weighted by Crippen LogP contribution is -2.65. The molecule has 0 aromatic heterocycles. The normalized spacial score (nSPS) is 54.6. The van der Waals surface area contributed by atoms with Gasteiger partial charge in [-0.05, 0) is 86.5 Å². The first-order valence-corrected chi connectivity index (χ1v) is 19.9. The number of esters is 1. The van der Waals surface area contributed by atoms with Gasteiger partial charge >= 0.3 is 5.97 Å². The highest BCUT2D eigenvalue weighted by Crippen LogP contribution is 2.73. The molecule has 1 unspecified atom stereocenters. The first kappa shape index (κ1) is 42.7. The van der Waals surface area contributed by atoms with Crippen LogP contribution in [0.4, 0.5) is 0 Å². The second kappa shape index (κ2) is 15.6. The molecule has 18 nitrogen and oxygen atoms in total. The van der Waals surface area contributed by atoms with Crippen molar-refractivity contribution in [1.82, 2.24) is 0 Å². The lowest BCUT2D eigenvalue weighted by Gasteiger charge is -2.64. The summed E-state index contributed by atoms with van der Waals surface area (Å²) < 4.78 is 35.1. The fourth-order valence-corrected chi connectivity index (χ4v) is 12.0. The SMILES string of the molecule is C=C1CC23CC[C@H]4[C@@](C)(CCC[C@@]4(C)C(=O)O[C@@H]4O[C@H](CO)[C@@H](O)[C@H](O)[C@H]4O)[C@@H]2CC[C@]1(O[C@@H]1O[C@H](CO)[C@@H](O)[C@H](O[C@@H]2O[C@H](CO)[C@@H](O)[C@H](O)[C@H]2O)[C@H]1O)C3. The van der Waals surface area contributed by atoms with Crippen LogP contribution in [0.15, 0.2) is 12.2 Å². The van der Waals surface area contributed by atoms with E-state index in [0.717, 1.165) is 24.8 Å². The van der Waals surface area contributed by atoms with Crippen molar-refractivity contribution < 1.29 is 89.4 Å². The van der Waals surface area contributed by atoms with Gasteiger partial charge in [-0.15, -0.1) is 0 Å². The smallest absolute Gasteiger partial charge is 0.314 e. The van der Waals surface area contributed by atoms with Crippen LogP contribution in [0, 0.1) is 28.1 Å². The van der Waals surface area contributed by atoms with Crippen molar-refractivity contribution in [3.05, 3.63) is 12.2 Å². The summed E-state index contributed by atoms with van der Waals surface area (Å²) in [6.45, 7) is 6.50. The molecule has 3 heterocycles. The molecule has 7 rings (SSSR count). The van der Waals surface area contributed by atoms with Crippen LogP contribution in [0.25, 0.3) is 0 Å². The summed E-state index contributed by atoms with van der Waals surface area (Å²) in [6, 6.07) is 0. The minimum Gasteiger partial charge on any atom is -0.432 e. The largest absolute Gasteiger partial charge is 0.432 e. The molecule has 4 saturated carbocycles. The maximum atomic E-state index is 14.1. The highest BCUT2D eigenvalue weighted by molar-refractivity contribution is 5.77. The molecule has 18 heteroatoms. The van der Waals surface area contributed by atoms with E-state index < -0.39 is 129 Å². The lowest BCUT2D eigenvalue weighted by atomic mass is 9.41. The first-order chi connectivity index (χ1) is 26.4. The molecule has 21 atom stereocenters. The Morgan fingerprint density at radius 3 is 1.86 bits per heavy atom. The summed E-state index contributed by atoms with van der Waals surface area (Å²) in [6.07, 6.45) is -17.7. The van der Waals surface area contributed by atoms with Crippen molar-refractivity contribution in [3.63, 3.8) is 0 Å². The van der Waals surface area contributed by atoms with Gasteiger partial charge in [0.25, 0.3) is 0 Å². The van der Waals surface area contributed by atoms with Gasteiger partial charge in [0.2, 0.25) is 6.29 Å². The van der Waals surface area contributed by atoms with Gasteiger partial charge in [0.05, 0.1) is 30.8 Å². The van der Waals surface area contributed by atoms with Crippen LogP contribution in [0.1, 0.15) is 71.6 Å². The van der Waals surface area contributed by atoms with Crippen LogP contribution in [0.3, 0.4) is 0 Å². The van der Waals surface area contributed by atoms with E-state index in [2.05, 4.69) is 13.5 Å². The number of hydrogen-bond acceptors (Lipinski definition) is 18. The summed E-state index contributed by atoms with van der Waals surface area (Å²) in [7, 11) is 0. The Balaban J connectivity index is 1.07. The number of aliphatic hydroxyl groups is 11. The molecule has 56 heavy (non-hydrogen) atoms. The van der Waals surface area contributed by atoms with E-state index in [4.69, 9.17) is 28.4 Å². The van der Waals surface area contributed by atoms with Gasteiger partial charge in [0.15, 0.2) is 12.6 Å². The molecule has 0 aromatic carbocycles. The summed E-state index contributed by atoms with van der Waals surface area (Å²) >= 11 is 0. The van der Waals surface area contributed by atoms with Crippen molar-refractivity contribution in [3.8, 4) is 0 Å². The third kappa shape index (κ3) is 6.69. The number of fused-ring (bicyclic) bond motifs is 3. The third-order valence-electron chi connectivity index (χ3n) is 15.0. The Morgan fingerprint density at radius 2 is 1.23 bits per heavy atom. The Hall–Kier alpha value is -1.43. The van der Waals surface area contributed by atoms with Crippen molar-refractivity contribution in [1.29, 1.82) is 0 Å². The molecule has 0 amide bonds. The molecule has 3 saturated heterocycles. The fraction of sp³-hybridized carbons (Fsp3) is 0.921. The minimum absolute atomic E-state index is 0.116. The quantitative estimate of drug-likeness (QED) is 0.0631. The zero-order valence-corrected chi connectivity index (χ0v) is 31.8. The van der Waals surface area contributed by atoms with E-state index in [9.17, 15) is 61.0 Å². The van der Waals surface area contributed by atoms with Crippen LogP contribution in [0.5, 0.6) is 0 Å². The van der Waals surface area contributed by atoms with E-state index >= 15 is 0 Å². The molecular formula is C38H60O18. The lowest BCUT2D eigenvalue weighted by molar-refractivity contribution is -0.369. The predicted octanol–water partition coefficient (Wildman–Crippen LogP) is -2.94. The Bertz CT molecular complexity index is 1450. The van der Waals surface area contributed by atoms with Crippen molar-refractivity contribution in [2.45, 2.75) is 169 Å². The van der Waals surface area contributed by atoms with Gasteiger partial charge in [-0.25, -0.2) is 0 Å². The van der Waals surface area contributed by atoms with Crippen LogP contribution in [-0.4, -0.2) is 180 Å². The van der Waals surface area contributed by atoms with Crippen molar-refractivity contribution in [2.24, 2.45) is 28.1 Å². The molecule has 7 fully saturated rings. The maximum absolute atomic E-state index is 14.1. The van der Waals surface area contributed by atoms with Crippen LogP contribution < -0.4 is 0 Å². The maximum Gasteiger partial charge on any atom is 0.314 e. The molecule has 3 aliphatic heterocycles. The average Bonchev–Trinajstić information content (AvgIpc) is 3.37. The molecule has 4 aliphatic carbocycles. The molecule has 2 bridgehead atoms. The zero-order chi connectivity index (χ0) is 40.7. The van der Waals surface area contributed by atoms with Crippen LogP contribution >= 0.6 is 0 Å². The average molecular weight is 805 g/mol. The summed E-state index contributed by atoms with van der Waals surface area (Å²) in [5, 5.41) is 114. The molecule has 1 spiro atoms. The fourth-order valence-electron chi connectivity index (χ4n) is 12.0. The Labute approximate surface area is 324 Å². The number of rotatable bonds is 9. The zero-order valence-electron chi connectivity index (χ0n) is 31.8. The molecule has 0 radical (unpaired) electrons. The summed E-state index contributed by atoms with van der Waals surface area (Å²) in [5.41, 5.74) is -1.72. The van der Waals surface area contributed by atoms with Gasteiger partial charge in [-0.2, -0.15) is 0 Å². The number of aliphatic hydroxyl groups excluding tert-OH is 11. The summed E-state index contributed by atoms with van der Waals surface area (Å²) in [5.74, 6) is -0.562.